The van der Waals surface area contributed by atoms with Gasteiger partial charge in [-0.25, -0.2) is 4.39 Å². The predicted molar refractivity (Wildman–Crippen MR) is 79.0 cm³/mol. The van der Waals surface area contributed by atoms with Crippen molar-refractivity contribution >= 4 is 17.3 Å². The molecule has 0 aromatic heterocycles. The topological polar surface area (TPSA) is 43.1 Å². The molecule has 2 unspecified atom stereocenters. The molecule has 0 bridgehead atoms. The highest BCUT2D eigenvalue weighted by Gasteiger charge is 2.30. The van der Waals surface area contributed by atoms with Gasteiger partial charge in [-0.15, -0.1) is 11.6 Å². The van der Waals surface area contributed by atoms with Crippen molar-refractivity contribution < 1.29 is 9.31 Å². The number of rotatable bonds is 3. The van der Waals surface area contributed by atoms with Gasteiger partial charge in [0, 0.05) is 6.07 Å². The molecule has 0 heterocycles. The zero-order valence-electron chi connectivity index (χ0n) is 11.1. The number of benzene rings is 2. The standard InChI is InChI=1S/C16H13ClFNO2/c17-16-12(8-11-3-1-2-4-15(11)16)5-10-6-13(18)9-14(7-10)19(20)21/h1-4,6-7,9,12,16H,5,8H2. The van der Waals surface area contributed by atoms with E-state index in [0.717, 1.165) is 18.1 Å². The highest BCUT2D eigenvalue weighted by atomic mass is 35.5. The first kappa shape index (κ1) is 14.0. The zero-order valence-corrected chi connectivity index (χ0v) is 11.9. The van der Waals surface area contributed by atoms with Crippen LogP contribution in [0, 0.1) is 21.8 Å². The van der Waals surface area contributed by atoms with Gasteiger partial charge >= 0.3 is 0 Å². The molecule has 0 radical (unpaired) electrons. The van der Waals surface area contributed by atoms with Crippen LogP contribution in [0.1, 0.15) is 22.1 Å². The summed E-state index contributed by atoms with van der Waals surface area (Å²) in [7, 11) is 0. The molecule has 1 aliphatic rings. The van der Waals surface area contributed by atoms with Crippen LogP contribution in [0.2, 0.25) is 0 Å². The lowest BCUT2D eigenvalue weighted by atomic mass is 9.96. The molecule has 0 N–H and O–H groups in total. The molecule has 0 amide bonds. The van der Waals surface area contributed by atoms with Gasteiger partial charge < -0.3 is 0 Å². The quantitative estimate of drug-likeness (QED) is 0.478. The van der Waals surface area contributed by atoms with E-state index >= 15 is 0 Å². The van der Waals surface area contributed by atoms with Crippen LogP contribution in [0.5, 0.6) is 0 Å². The first-order chi connectivity index (χ1) is 10.0. The molecule has 5 heteroatoms. The molecule has 0 spiro atoms. The van der Waals surface area contributed by atoms with E-state index in [0.29, 0.717) is 12.0 Å². The fraction of sp³-hybridized carbons (Fsp3) is 0.250. The van der Waals surface area contributed by atoms with E-state index in [2.05, 4.69) is 0 Å². The van der Waals surface area contributed by atoms with Gasteiger partial charge in [0.15, 0.2) is 0 Å². The highest BCUT2D eigenvalue weighted by molar-refractivity contribution is 6.21. The number of fused-ring (bicyclic) bond motifs is 1. The molecular weight excluding hydrogens is 293 g/mol. The van der Waals surface area contributed by atoms with Crippen molar-refractivity contribution in [1.82, 2.24) is 0 Å². The minimum atomic E-state index is -0.583. The van der Waals surface area contributed by atoms with Gasteiger partial charge in [-0.05, 0) is 41.5 Å². The molecule has 3 rings (SSSR count). The number of alkyl halides is 1. The predicted octanol–water partition coefficient (Wildman–Crippen LogP) is 4.43. The number of nitrogens with zero attached hydrogens (tertiary/aromatic N) is 1. The first-order valence-electron chi connectivity index (χ1n) is 6.70. The summed E-state index contributed by atoms with van der Waals surface area (Å²) in [6, 6.07) is 11.7. The number of nitro benzene ring substituents is 1. The van der Waals surface area contributed by atoms with Crippen LogP contribution < -0.4 is 0 Å². The normalized spacial score (nSPS) is 20.3. The lowest BCUT2D eigenvalue weighted by Crippen LogP contribution is -2.07. The summed E-state index contributed by atoms with van der Waals surface area (Å²) in [6.45, 7) is 0. The van der Waals surface area contributed by atoms with Gasteiger partial charge in [0.05, 0.1) is 16.4 Å². The third-order valence-electron chi connectivity index (χ3n) is 3.90. The summed E-state index contributed by atoms with van der Waals surface area (Å²) in [6.07, 6.45) is 1.34. The minimum absolute atomic E-state index is 0.130. The average Bonchev–Trinajstić information content (AvgIpc) is 2.75. The van der Waals surface area contributed by atoms with Crippen molar-refractivity contribution in [1.29, 1.82) is 0 Å². The third kappa shape index (κ3) is 2.76. The van der Waals surface area contributed by atoms with Crippen molar-refractivity contribution in [3.8, 4) is 0 Å². The fourth-order valence-electron chi connectivity index (χ4n) is 2.96. The molecule has 0 saturated carbocycles. The minimum Gasteiger partial charge on any atom is -0.258 e. The summed E-state index contributed by atoms with van der Waals surface area (Å²) >= 11 is 6.47. The second kappa shape index (κ2) is 5.45. The summed E-state index contributed by atoms with van der Waals surface area (Å²) in [5, 5.41) is 10.7. The van der Waals surface area contributed by atoms with Crippen LogP contribution >= 0.6 is 11.6 Å². The van der Waals surface area contributed by atoms with E-state index in [1.54, 1.807) is 0 Å². The lowest BCUT2D eigenvalue weighted by molar-refractivity contribution is -0.385. The van der Waals surface area contributed by atoms with E-state index in [1.807, 2.05) is 24.3 Å². The van der Waals surface area contributed by atoms with E-state index in [1.165, 1.54) is 17.7 Å². The number of non-ortho nitro benzene ring substituents is 1. The summed E-state index contributed by atoms with van der Waals surface area (Å²) < 4.78 is 13.5. The van der Waals surface area contributed by atoms with Gasteiger partial charge in [-0.1, -0.05) is 24.3 Å². The molecule has 0 aliphatic heterocycles. The molecular formula is C16H13ClFNO2. The zero-order chi connectivity index (χ0) is 15.0. The Balaban J connectivity index is 1.84. The van der Waals surface area contributed by atoms with Crippen molar-refractivity contribution in [2.75, 3.05) is 0 Å². The monoisotopic (exact) mass is 305 g/mol. The Morgan fingerprint density at radius 3 is 2.76 bits per heavy atom. The Bertz CT molecular complexity index is 704. The Morgan fingerprint density at radius 1 is 1.29 bits per heavy atom. The number of hydrogen-bond acceptors (Lipinski definition) is 2. The maximum absolute atomic E-state index is 13.5. The van der Waals surface area contributed by atoms with Crippen molar-refractivity contribution in [3.63, 3.8) is 0 Å². The summed E-state index contributed by atoms with van der Waals surface area (Å²) in [5.41, 5.74) is 2.71. The van der Waals surface area contributed by atoms with Crippen LogP contribution in [-0.4, -0.2) is 4.92 Å². The fourth-order valence-corrected chi connectivity index (χ4v) is 3.36. The van der Waals surface area contributed by atoms with E-state index < -0.39 is 10.7 Å². The Hall–Kier alpha value is -1.94. The SMILES string of the molecule is O=[N+]([O-])c1cc(F)cc(CC2Cc3ccccc3C2Cl)c1. The van der Waals surface area contributed by atoms with Gasteiger partial charge in [-0.3, -0.25) is 10.1 Å². The molecule has 3 nitrogen and oxygen atoms in total. The maximum atomic E-state index is 13.5. The first-order valence-corrected chi connectivity index (χ1v) is 7.14. The molecule has 0 saturated heterocycles. The van der Waals surface area contributed by atoms with Crippen molar-refractivity contribution in [3.05, 3.63) is 75.1 Å². The third-order valence-corrected chi connectivity index (χ3v) is 4.49. The molecule has 1 aliphatic carbocycles. The Labute approximate surface area is 126 Å². The van der Waals surface area contributed by atoms with Gasteiger partial charge in [-0.2, -0.15) is 0 Å². The number of nitro groups is 1. The molecule has 108 valence electrons. The van der Waals surface area contributed by atoms with Crippen molar-refractivity contribution in [2.45, 2.75) is 18.2 Å². The summed E-state index contributed by atoms with van der Waals surface area (Å²) in [5.74, 6) is -0.452. The highest BCUT2D eigenvalue weighted by Crippen LogP contribution is 2.42. The maximum Gasteiger partial charge on any atom is 0.272 e. The van der Waals surface area contributed by atoms with Crippen LogP contribution in [0.15, 0.2) is 42.5 Å². The Kier molecular flexibility index (Phi) is 3.64. The van der Waals surface area contributed by atoms with E-state index in [4.69, 9.17) is 11.6 Å². The largest absolute Gasteiger partial charge is 0.272 e. The molecule has 2 atom stereocenters. The van der Waals surface area contributed by atoms with Crippen LogP contribution in [-0.2, 0) is 12.8 Å². The van der Waals surface area contributed by atoms with Gasteiger partial charge in [0.25, 0.3) is 5.69 Å². The second-order valence-corrected chi connectivity index (χ2v) is 5.81. The Morgan fingerprint density at radius 2 is 2.05 bits per heavy atom. The van der Waals surface area contributed by atoms with Crippen LogP contribution in [0.25, 0.3) is 0 Å². The smallest absolute Gasteiger partial charge is 0.258 e. The molecule has 21 heavy (non-hydrogen) atoms. The molecule has 2 aromatic carbocycles. The second-order valence-electron chi connectivity index (χ2n) is 5.34. The number of halogens is 2. The molecule has 0 fully saturated rings. The lowest BCUT2D eigenvalue weighted by Gasteiger charge is -2.14. The number of hydrogen-bond donors (Lipinski definition) is 0. The van der Waals surface area contributed by atoms with Gasteiger partial charge in [0.1, 0.15) is 5.82 Å². The average molecular weight is 306 g/mol. The van der Waals surface area contributed by atoms with E-state index in [9.17, 15) is 14.5 Å². The van der Waals surface area contributed by atoms with E-state index in [-0.39, 0.29) is 17.0 Å². The molecule has 2 aromatic rings. The van der Waals surface area contributed by atoms with Crippen molar-refractivity contribution in [2.24, 2.45) is 5.92 Å². The van der Waals surface area contributed by atoms with Crippen LogP contribution in [0.3, 0.4) is 0 Å². The summed E-state index contributed by atoms with van der Waals surface area (Å²) in [4.78, 5) is 10.2. The van der Waals surface area contributed by atoms with Crippen LogP contribution in [0.4, 0.5) is 10.1 Å². The van der Waals surface area contributed by atoms with Gasteiger partial charge in [0.2, 0.25) is 0 Å².